The maximum absolute atomic E-state index is 6.04. The zero-order valence-electron chi connectivity index (χ0n) is 20.5. The van der Waals surface area contributed by atoms with Gasteiger partial charge in [-0.25, -0.2) is 4.98 Å². The largest absolute Gasteiger partial charge is 0.476 e. The van der Waals surface area contributed by atoms with Crippen molar-refractivity contribution in [3.05, 3.63) is 41.3 Å². The molecule has 0 amide bonds. The summed E-state index contributed by atoms with van der Waals surface area (Å²) in [5.74, 6) is 2.00. The minimum absolute atomic E-state index is 0.279. The third kappa shape index (κ3) is 5.95. The zero-order valence-corrected chi connectivity index (χ0v) is 20.5. The Bertz CT molecular complexity index is 1170. The number of H-pyrrole nitrogens is 1. The molecule has 0 unspecified atom stereocenters. The van der Waals surface area contributed by atoms with E-state index in [-0.39, 0.29) is 6.54 Å². The number of benzene rings is 1. The predicted octanol–water partition coefficient (Wildman–Crippen LogP) is 3.41. The Labute approximate surface area is 205 Å². The number of ether oxygens (including phenoxy) is 3. The molecule has 2 saturated heterocycles. The van der Waals surface area contributed by atoms with Crippen LogP contribution in [0.5, 0.6) is 5.88 Å². The van der Waals surface area contributed by atoms with Crippen LogP contribution in [-0.2, 0) is 16.0 Å². The highest BCUT2D eigenvalue weighted by molar-refractivity contribution is 5.86. The molecule has 1 N–H and O–H groups in total. The van der Waals surface area contributed by atoms with Crippen molar-refractivity contribution in [2.75, 3.05) is 70.7 Å². The van der Waals surface area contributed by atoms with Crippen LogP contribution in [0.25, 0.3) is 10.9 Å². The number of aromatic amines is 1. The lowest BCUT2D eigenvalue weighted by molar-refractivity contribution is 0.0320. The predicted molar refractivity (Wildman–Crippen MR) is 134 cm³/mol. The lowest BCUT2D eigenvalue weighted by atomic mass is 10.1. The van der Waals surface area contributed by atoms with Gasteiger partial charge in [-0.2, -0.15) is 15.2 Å². The van der Waals surface area contributed by atoms with Gasteiger partial charge in [0.25, 0.3) is 0 Å². The second-order valence-electron chi connectivity index (χ2n) is 8.89. The Kier molecular flexibility index (Phi) is 7.51. The maximum atomic E-state index is 6.04. The summed E-state index contributed by atoms with van der Waals surface area (Å²) in [4.78, 5) is 17.3. The topological polar surface area (TPSA) is 100 Å². The summed E-state index contributed by atoms with van der Waals surface area (Å²) in [5.41, 5.74) is 4.33. The van der Waals surface area contributed by atoms with E-state index >= 15 is 0 Å². The monoisotopic (exact) mass is 479 g/mol. The first-order valence-electron chi connectivity index (χ1n) is 12.3. The van der Waals surface area contributed by atoms with Gasteiger partial charge < -0.3 is 24.1 Å². The van der Waals surface area contributed by atoms with E-state index in [1.54, 1.807) is 0 Å². The third-order valence-electron chi connectivity index (χ3n) is 6.52. The highest BCUT2D eigenvalue weighted by Crippen LogP contribution is 2.26. The third-order valence-corrected chi connectivity index (χ3v) is 6.52. The number of hydrogen-bond donors (Lipinski definition) is 1. The summed E-state index contributed by atoms with van der Waals surface area (Å²) >= 11 is 0. The SMILES string of the molecule is Cc1[nH]c2ccc(N=NCc3nc(OCCN4CCOCC4)cc(N4CCOCC4)n3)cc2c1C. The van der Waals surface area contributed by atoms with E-state index in [9.17, 15) is 0 Å². The van der Waals surface area contributed by atoms with Gasteiger partial charge in [-0.05, 0) is 37.6 Å². The number of aromatic nitrogens is 3. The van der Waals surface area contributed by atoms with E-state index in [1.165, 1.54) is 16.6 Å². The Hall–Kier alpha value is -3.08. The first-order chi connectivity index (χ1) is 17.2. The van der Waals surface area contributed by atoms with Gasteiger partial charge in [0, 0.05) is 55.4 Å². The molecule has 0 aliphatic carbocycles. The van der Waals surface area contributed by atoms with Crippen LogP contribution in [0.3, 0.4) is 0 Å². The van der Waals surface area contributed by atoms with Crippen LogP contribution >= 0.6 is 0 Å². The van der Waals surface area contributed by atoms with Crippen LogP contribution in [0.15, 0.2) is 34.5 Å². The van der Waals surface area contributed by atoms with Crippen molar-refractivity contribution in [2.24, 2.45) is 10.2 Å². The molecule has 5 rings (SSSR count). The van der Waals surface area contributed by atoms with Crippen LogP contribution in [0.4, 0.5) is 11.5 Å². The highest BCUT2D eigenvalue weighted by atomic mass is 16.5. The number of hydrogen-bond acceptors (Lipinski definition) is 9. The van der Waals surface area contributed by atoms with Crippen molar-refractivity contribution < 1.29 is 14.2 Å². The Morgan fingerprint density at radius 2 is 1.77 bits per heavy atom. The average Bonchev–Trinajstić information content (AvgIpc) is 3.18. The Morgan fingerprint density at radius 3 is 2.57 bits per heavy atom. The van der Waals surface area contributed by atoms with Crippen LogP contribution < -0.4 is 9.64 Å². The molecular formula is C25H33N7O3. The number of nitrogens with one attached hydrogen (secondary N) is 1. The van der Waals surface area contributed by atoms with Gasteiger partial charge >= 0.3 is 0 Å². The number of rotatable bonds is 8. The number of anilines is 1. The molecule has 4 heterocycles. The summed E-state index contributed by atoms with van der Waals surface area (Å²) in [7, 11) is 0. The minimum Gasteiger partial charge on any atom is -0.476 e. The van der Waals surface area contributed by atoms with E-state index < -0.39 is 0 Å². The minimum atomic E-state index is 0.279. The fourth-order valence-electron chi connectivity index (χ4n) is 4.35. The van der Waals surface area contributed by atoms with Crippen molar-refractivity contribution >= 4 is 22.4 Å². The number of aryl methyl sites for hydroxylation is 2. The summed E-state index contributed by atoms with van der Waals surface area (Å²) in [6.45, 7) is 12.3. The summed E-state index contributed by atoms with van der Waals surface area (Å²) in [6, 6.07) is 7.98. The van der Waals surface area contributed by atoms with Gasteiger partial charge in [0.15, 0.2) is 5.82 Å². The molecule has 1 aromatic carbocycles. The van der Waals surface area contributed by atoms with Gasteiger partial charge in [-0.1, -0.05) is 0 Å². The summed E-state index contributed by atoms with van der Waals surface area (Å²) < 4.78 is 17.0. The molecule has 0 bridgehead atoms. The van der Waals surface area contributed by atoms with Crippen molar-refractivity contribution in [3.8, 4) is 5.88 Å². The number of nitrogens with zero attached hydrogens (tertiary/aromatic N) is 6. The number of fused-ring (bicyclic) bond motifs is 1. The first kappa shape index (κ1) is 23.7. The fraction of sp³-hybridized carbons (Fsp3) is 0.520. The van der Waals surface area contributed by atoms with E-state index in [1.807, 2.05) is 18.2 Å². The molecule has 186 valence electrons. The molecule has 0 atom stereocenters. The van der Waals surface area contributed by atoms with Crippen molar-refractivity contribution in [1.82, 2.24) is 19.9 Å². The normalized spacial score (nSPS) is 17.5. The smallest absolute Gasteiger partial charge is 0.218 e. The molecule has 3 aromatic rings. The summed E-state index contributed by atoms with van der Waals surface area (Å²) in [5, 5.41) is 10.0. The zero-order chi connectivity index (χ0) is 24.0. The van der Waals surface area contributed by atoms with Crippen molar-refractivity contribution in [1.29, 1.82) is 0 Å². The van der Waals surface area contributed by atoms with Gasteiger partial charge in [0.1, 0.15) is 19.0 Å². The molecule has 0 saturated carbocycles. The van der Waals surface area contributed by atoms with Gasteiger partial charge in [-0.3, -0.25) is 4.90 Å². The number of morpholine rings is 2. The Morgan fingerprint density at radius 1 is 1.00 bits per heavy atom. The summed E-state index contributed by atoms with van der Waals surface area (Å²) in [6.07, 6.45) is 0. The van der Waals surface area contributed by atoms with Gasteiger partial charge in [0.05, 0.1) is 32.1 Å². The van der Waals surface area contributed by atoms with E-state index in [0.717, 1.165) is 63.0 Å². The molecular weight excluding hydrogens is 446 g/mol. The molecule has 35 heavy (non-hydrogen) atoms. The molecule has 2 aromatic heterocycles. The lowest BCUT2D eigenvalue weighted by Crippen LogP contribution is -2.38. The van der Waals surface area contributed by atoms with E-state index in [2.05, 4.69) is 49.9 Å². The van der Waals surface area contributed by atoms with Gasteiger partial charge in [0.2, 0.25) is 5.88 Å². The maximum Gasteiger partial charge on any atom is 0.218 e. The van der Waals surface area contributed by atoms with Crippen molar-refractivity contribution in [2.45, 2.75) is 20.4 Å². The molecule has 10 nitrogen and oxygen atoms in total. The molecule has 10 heteroatoms. The second kappa shape index (κ2) is 11.1. The van der Waals surface area contributed by atoms with Gasteiger partial charge in [-0.15, -0.1) is 0 Å². The second-order valence-corrected chi connectivity index (χ2v) is 8.89. The fourth-order valence-corrected chi connectivity index (χ4v) is 4.35. The first-order valence-corrected chi connectivity index (χ1v) is 12.3. The highest BCUT2D eigenvalue weighted by Gasteiger charge is 2.16. The molecule has 0 spiro atoms. The molecule has 2 aliphatic rings. The van der Waals surface area contributed by atoms with Crippen LogP contribution in [-0.4, -0.2) is 85.6 Å². The molecule has 2 aliphatic heterocycles. The van der Waals surface area contributed by atoms with E-state index in [0.29, 0.717) is 31.5 Å². The quantitative estimate of drug-likeness (QED) is 0.494. The Balaban J connectivity index is 1.28. The van der Waals surface area contributed by atoms with Crippen LogP contribution in [0.2, 0.25) is 0 Å². The lowest BCUT2D eigenvalue weighted by Gasteiger charge is -2.28. The van der Waals surface area contributed by atoms with Crippen LogP contribution in [0.1, 0.15) is 17.1 Å². The van der Waals surface area contributed by atoms with Crippen molar-refractivity contribution in [3.63, 3.8) is 0 Å². The molecule has 0 radical (unpaired) electrons. The molecule has 2 fully saturated rings. The average molecular weight is 480 g/mol. The number of azo groups is 1. The van der Waals surface area contributed by atoms with Crippen LogP contribution in [0, 0.1) is 13.8 Å². The van der Waals surface area contributed by atoms with E-state index in [4.69, 9.17) is 19.2 Å². The standard InChI is InChI=1S/C25H33N7O3/c1-18-19(2)27-22-4-3-20(15-21(18)22)30-26-17-23-28-24(32-8-12-34-13-9-32)16-25(29-23)35-14-7-31-5-10-33-11-6-31/h3-4,15-16,27H,5-14,17H2,1-2H3.